The van der Waals surface area contributed by atoms with Crippen molar-refractivity contribution >= 4 is 23.1 Å². The molecule has 1 aliphatic heterocycles. The van der Waals surface area contributed by atoms with E-state index in [4.69, 9.17) is 25.8 Å². The predicted molar refractivity (Wildman–Crippen MR) is 152 cm³/mol. The number of pyridine rings is 1. The van der Waals surface area contributed by atoms with E-state index in [9.17, 15) is 0 Å². The van der Waals surface area contributed by atoms with Crippen molar-refractivity contribution in [3.63, 3.8) is 0 Å². The number of hydrogen-bond donors (Lipinski definition) is 2. The molecule has 0 bridgehead atoms. The maximum atomic E-state index is 6.61. The summed E-state index contributed by atoms with van der Waals surface area (Å²) in [5.74, 6) is 1.55. The van der Waals surface area contributed by atoms with E-state index in [1.54, 1.807) is 20.4 Å². The van der Waals surface area contributed by atoms with E-state index in [1.807, 2.05) is 0 Å². The van der Waals surface area contributed by atoms with E-state index in [0.717, 1.165) is 107 Å². The molecule has 2 aliphatic rings. The quantitative estimate of drug-likeness (QED) is 0.351. The topological polar surface area (TPSA) is 67.9 Å². The molecule has 4 rings (SSSR count). The third-order valence-electron chi connectivity index (χ3n) is 7.70. The van der Waals surface area contributed by atoms with Gasteiger partial charge in [-0.05, 0) is 68.2 Å². The van der Waals surface area contributed by atoms with Crippen molar-refractivity contribution in [2.24, 2.45) is 5.92 Å². The summed E-state index contributed by atoms with van der Waals surface area (Å²) < 4.78 is 16.1. The smallest absolute Gasteiger partial charge is 0.126 e. The third kappa shape index (κ3) is 8.55. The molecule has 0 radical (unpaired) electrons. The van der Waals surface area contributed by atoms with Crippen molar-refractivity contribution in [2.45, 2.75) is 50.6 Å². The SMILES string of the molecule is COCCN(CCOC)[C@H]1CC[C@H](Nc2cc(-c3cccc(NCC4CCOCC4)c3)c(Cl)cn2)CC1. The van der Waals surface area contributed by atoms with Gasteiger partial charge >= 0.3 is 0 Å². The monoisotopic (exact) mass is 530 g/mol. The summed E-state index contributed by atoms with van der Waals surface area (Å²) in [7, 11) is 3.53. The molecule has 2 N–H and O–H groups in total. The van der Waals surface area contributed by atoms with E-state index < -0.39 is 0 Å². The van der Waals surface area contributed by atoms with Crippen molar-refractivity contribution in [3.8, 4) is 11.1 Å². The Kier molecular flexibility index (Phi) is 11.3. The average Bonchev–Trinajstić information content (AvgIpc) is 2.94. The standard InChI is InChI=1S/C29H43ClN4O3/c1-35-16-12-34(13-17-36-2)26-8-6-24(7-9-26)33-29-19-27(28(30)21-32-29)23-4-3-5-25(18-23)31-20-22-10-14-37-15-11-22/h3-5,18-19,21-22,24,26,31H,6-17,20H2,1-2H3,(H,32,33)/t24-,26-. The lowest BCUT2D eigenvalue weighted by Gasteiger charge is -2.37. The molecule has 2 heterocycles. The summed E-state index contributed by atoms with van der Waals surface area (Å²) in [6.45, 7) is 6.13. The van der Waals surface area contributed by atoms with Crippen molar-refractivity contribution in [2.75, 3.05) is 70.9 Å². The highest BCUT2D eigenvalue weighted by Gasteiger charge is 2.26. The number of aromatic nitrogens is 1. The van der Waals surface area contributed by atoms with Gasteiger partial charge in [0.2, 0.25) is 0 Å². The summed E-state index contributed by atoms with van der Waals surface area (Å²) in [5.41, 5.74) is 3.23. The molecule has 1 aliphatic carbocycles. The number of rotatable bonds is 13. The largest absolute Gasteiger partial charge is 0.385 e. The fraction of sp³-hybridized carbons (Fsp3) is 0.621. The number of nitrogens with zero attached hydrogens (tertiary/aromatic N) is 2. The molecular weight excluding hydrogens is 488 g/mol. The van der Waals surface area contributed by atoms with Crippen molar-refractivity contribution in [3.05, 3.63) is 41.6 Å². The van der Waals surface area contributed by atoms with E-state index in [0.29, 0.717) is 23.0 Å². The first-order valence-corrected chi connectivity index (χ1v) is 14.1. The first-order valence-electron chi connectivity index (χ1n) is 13.7. The second kappa shape index (κ2) is 14.9. The van der Waals surface area contributed by atoms with Crippen LogP contribution in [0, 0.1) is 5.92 Å². The summed E-state index contributed by atoms with van der Waals surface area (Å²) >= 11 is 6.61. The first-order chi connectivity index (χ1) is 18.2. The number of benzene rings is 1. The lowest BCUT2D eigenvalue weighted by atomic mass is 9.90. The molecule has 0 unspecified atom stereocenters. The Labute approximate surface area is 227 Å². The van der Waals surface area contributed by atoms with Gasteiger partial charge in [-0.1, -0.05) is 23.7 Å². The van der Waals surface area contributed by atoms with Gasteiger partial charge in [-0.3, -0.25) is 4.90 Å². The normalized spacial score (nSPS) is 20.8. The van der Waals surface area contributed by atoms with Gasteiger partial charge in [-0.2, -0.15) is 0 Å². The van der Waals surface area contributed by atoms with Gasteiger partial charge < -0.3 is 24.8 Å². The number of methoxy groups -OCH3 is 2. The zero-order valence-corrected chi connectivity index (χ0v) is 23.1. The van der Waals surface area contributed by atoms with Crippen molar-refractivity contribution in [1.29, 1.82) is 0 Å². The molecule has 0 atom stereocenters. The molecule has 37 heavy (non-hydrogen) atoms. The highest BCUT2D eigenvalue weighted by molar-refractivity contribution is 6.33. The van der Waals surface area contributed by atoms with Crippen LogP contribution in [0.3, 0.4) is 0 Å². The molecule has 1 aromatic carbocycles. The highest BCUT2D eigenvalue weighted by Crippen LogP contribution is 2.32. The van der Waals surface area contributed by atoms with Gasteiger partial charge in [0.15, 0.2) is 0 Å². The second-order valence-electron chi connectivity index (χ2n) is 10.2. The Morgan fingerprint density at radius 1 is 1.00 bits per heavy atom. The van der Waals surface area contributed by atoms with Gasteiger partial charge in [-0.25, -0.2) is 4.98 Å². The van der Waals surface area contributed by atoms with Gasteiger partial charge in [0.05, 0.1) is 18.2 Å². The summed E-state index contributed by atoms with van der Waals surface area (Å²) in [5, 5.41) is 7.96. The summed E-state index contributed by atoms with van der Waals surface area (Å²) in [4.78, 5) is 7.12. The third-order valence-corrected chi connectivity index (χ3v) is 8.00. The molecule has 1 saturated heterocycles. The number of ether oxygens (including phenoxy) is 3. The van der Waals surface area contributed by atoms with Crippen molar-refractivity contribution < 1.29 is 14.2 Å². The molecule has 2 aromatic rings. The Bertz CT molecular complexity index is 940. The minimum atomic E-state index is 0.414. The van der Waals surface area contributed by atoms with Crippen LogP contribution in [-0.2, 0) is 14.2 Å². The van der Waals surface area contributed by atoms with Crippen LogP contribution in [0.5, 0.6) is 0 Å². The van der Waals surface area contributed by atoms with E-state index >= 15 is 0 Å². The van der Waals surface area contributed by atoms with Crippen LogP contribution in [0.2, 0.25) is 5.02 Å². The molecular formula is C29H43ClN4O3. The van der Waals surface area contributed by atoms with Crippen LogP contribution in [0.25, 0.3) is 11.1 Å². The number of hydrogen-bond acceptors (Lipinski definition) is 7. The Balaban J connectivity index is 1.34. The minimum absolute atomic E-state index is 0.414. The zero-order chi connectivity index (χ0) is 25.9. The van der Waals surface area contributed by atoms with E-state index in [2.05, 4.69) is 50.8 Å². The Hall–Kier alpha value is -1.90. The number of halogens is 1. The zero-order valence-electron chi connectivity index (χ0n) is 22.4. The summed E-state index contributed by atoms with van der Waals surface area (Å²) in [6.07, 6.45) is 8.57. The van der Waals surface area contributed by atoms with Crippen LogP contribution in [-0.4, -0.2) is 82.2 Å². The number of nitrogens with one attached hydrogen (secondary N) is 2. The van der Waals surface area contributed by atoms with Gasteiger partial charge in [0.1, 0.15) is 5.82 Å². The fourth-order valence-electron chi connectivity index (χ4n) is 5.44. The first kappa shape index (κ1) is 28.1. The molecule has 0 amide bonds. The molecule has 2 fully saturated rings. The Morgan fingerprint density at radius 2 is 1.73 bits per heavy atom. The van der Waals surface area contributed by atoms with Crippen LogP contribution < -0.4 is 10.6 Å². The van der Waals surface area contributed by atoms with Crippen LogP contribution >= 0.6 is 11.6 Å². The maximum Gasteiger partial charge on any atom is 0.126 e. The molecule has 7 nitrogen and oxygen atoms in total. The van der Waals surface area contributed by atoms with Crippen LogP contribution in [0.1, 0.15) is 38.5 Å². The minimum Gasteiger partial charge on any atom is -0.385 e. The average molecular weight is 531 g/mol. The Morgan fingerprint density at radius 3 is 2.43 bits per heavy atom. The number of anilines is 2. The van der Waals surface area contributed by atoms with Gasteiger partial charge in [0, 0.05) is 76.6 Å². The van der Waals surface area contributed by atoms with E-state index in [-0.39, 0.29) is 0 Å². The molecule has 1 saturated carbocycles. The fourth-order valence-corrected chi connectivity index (χ4v) is 5.65. The molecule has 1 aromatic heterocycles. The van der Waals surface area contributed by atoms with Gasteiger partial charge in [-0.15, -0.1) is 0 Å². The molecule has 204 valence electrons. The highest BCUT2D eigenvalue weighted by atomic mass is 35.5. The van der Waals surface area contributed by atoms with Crippen molar-refractivity contribution in [1.82, 2.24) is 9.88 Å². The maximum absolute atomic E-state index is 6.61. The predicted octanol–water partition coefficient (Wildman–Crippen LogP) is 5.56. The molecule has 8 heteroatoms. The van der Waals surface area contributed by atoms with Crippen LogP contribution in [0.4, 0.5) is 11.5 Å². The lowest BCUT2D eigenvalue weighted by Crippen LogP contribution is -2.43. The lowest BCUT2D eigenvalue weighted by molar-refractivity contribution is 0.0699. The second-order valence-corrected chi connectivity index (χ2v) is 10.6. The summed E-state index contributed by atoms with van der Waals surface area (Å²) in [6, 6.07) is 11.6. The van der Waals surface area contributed by atoms with Crippen LogP contribution in [0.15, 0.2) is 36.5 Å². The van der Waals surface area contributed by atoms with Gasteiger partial charge in [0.25, 0.3) is 0 Å². The van der Waals surface area contributed by atoms with E-state index in [1.165, 1.54) is 0 Å². The molecule has 0 spiro atoms.